The maximum Gasteiger partial charge on any atom is 0.416 e. The van der Waals surface area contributed by atoms with Crippen molar-refractivity contribution in [1.29, 1.82) is 0 Å². The quantitative estimate of drug-likeness (QED) is 0.444. The van der Waals surface area contributed by atoms with E-state index in [1.165, 1.54) is 11.0 Å². The number of likely N-dealkylation sites (tertiary alicyclic amines) is 1. The summed E-state index contributed by atoms with van der Waals surface area (Å²) in [7, 11) is 0. The molecular formula is C28H35F3N4O5. The smallest absolute Gasteiger partial charge is 0.416 e. The van der Waals surface area contributed by atoms with Gasteiger partial charge in [-0.1, -0.05) is 0 Å². The summed E-state index contributed by atoms with van der Waals surface area (Å²) in [6, 6.07) is 5.97. The molecule has 12 heteroatoms. The molecule has 0 spiro atoms. The highest BCUT2D eigenvalue weighted by molar-refractivity contribution is 5.91. The maximum absolute atomic E-state index is 13.4. The number of aromatic nitrogens is 1. The lowest BCUT2D eigenvalue weighted by Crippen LogP contribution is -2.57. The Labute approximate surface area is 231 Å². The van der Waals surface area contributed by atoms with Gasteiger partial charge in [-0.15, -0.1) is 0 Å². The van der Waals surface area contributed by atoms with E-state index in [9.17, 15) is 22.8 Å². The Balaban J connectivity index is 1.30. The lowest BCUT2D eigenvalue weighted by atomic mass is 9.93. The van der Waals surface area contributed by atoms with Crippen LogP contribution in [0.3, 0.4) is 0 Å². The first kappa shape index (κ1) is 29.4. The van der Waals surface area contributed by atoms with Crippen molar-refractivity contribution < 1.29 is 37.0 Å². The Kier molecular flexibility index (Phi) is 9.07. The van der Waals surface area contributed by atoms with E-state index in [-0.39, 0.29) is 36.7 Å². The lowest BCUT2D eigenvalue weighted by Gasteiger charge is -2.39. The summed E-state index contributed by atoms with van der Waals surface area (Å²) in [6.07, 6.45) is 0.836. The number of nitrogens with one attached hydrogen (secondary N) is 2. The number of rotatable bonds is 7. The maximum atomic E-state index is 13.4. The topological polar surface area (TPSA) is 102 Å². The van der Waals surface area contributed by atoms with Crippen LogP contribution in [0.25, 0.3) is 0 Å². The third-order valence-electron chi connectivity index (χ3n) is 6.59. The molecule has 1 aliphatic heterocycles. The molecule has 9 nitrogen and oxygen atoms in total. The summed E-state index contributed by atoms with van der Waals surface area (Å²) in [5, 5.41) is 5.38. The Morgan fingerprint density at radius 2 is 1.68 bits per heavy atom. The van der Waals surface area contributed by atoms with E-state index in [1.807, 2.05) is 12.1 Å². The monoisotopic (exact) mass is 564 g/mol. The van der Waals surface area contributed by atoms with Crippen LogP contribution in [0.2, 0.25) is 0 Å². The summed E-state index contributed by atoms with van der Waals surface area (Å²) in [4.78, 5) is 30.4. The van der Waals surface area contributed by atoms with Crippen molar-refractivity contribution in [2.24, 2.45) is 0 Å². The number of carbonyl (C=O) groups excluding carboxylic acids is 2. The van der Waals surface area contributed by atoms with E-state index in [2.05, 4.69) is 15.6 Å². The first-order chi connectivity index (χ1) is 18.9. The number of urea groups is 1. The minimum atomic E-state index is -4.59. The standard InChI is InChI=1S/C28H35F3N4O5/c1-27(2,3)40-26(37)35-15-22(16-35)39-24-9-4-19(28(29,30)31)14-23(24)34-25(36)33-20-5-7-21(8-6-20)38-17-18-10-12-32-13-11-18/h4,9-14,20-22H,5-8,15-17H2,1-3H3,(H2,33,34,36)/t20-,21-. The van der Waals surface area contributed by atoms with E-state index < -0.39 is 35.6 Å². The third kappa shape index (κ3) is 8.48. The van der Waals surface area contributed by atoms with Crippen LogP contribution in [0.1, 0.15) is 57.6 Å². The van der Waals surface area contributed by atoms with Gasteiger partial charge in [0.05, 0.1) is 37.1 Å². The van der Waals surface area contributed by atoms with Crippen LogP contribution >= 0.6 is 0 Å². The van der Waals surface area contributed by atoms with E-state index in [1.54, 1.807) is 33.2 Å². The number of halogens is 3. The fourth-order valence-electron chi connectivity index (χ4n) is 4.49. The average molecular weight is 565 g/mol. The van der Waals surface area contributed by atoms with Crippen molar-refractivity contribution in [2.75, 3.05) is 18.4 Å². The number of ether oxygens (including phenoxy) is 3. The number of benzene rings is 1. The van der Waals surface area contributed by atoms with Gasteiger partial charge in [0.1, 0.15) is 17.5 Å². The summed E-state index contributed by atoms with van der Waals surface area (Å²) in [6.45, 7) is 6.19. The van der Waals surface area contributed by atoms with E-state index >= 15 is 0 Å². The Hall–Kier alpha value is -3.54. The second kappa shape index (κ2) is 12.3. The number of alkyl halides is 3. The molecule has 0 unspecified atom stereocenters. The van der Waals surface area contributed by atoms with Crippen molar-refractivity contribution in [3.05, 3.63) is 53.9 Å². The largest absolute Gasteiger partial charge is 0.485 e. The normalized spacial score (nSPS) is 19.9. The molecule has 2 heterocycles. The Bertz CT molecular complexity index is 1160. The average Bonchev–Trinajstić information content (AvgIpc) is 2.85. The molecule has 2 aliphatic rings. The zero-order chi connectivity index (χ0) is 28.9. The SMILES string of the molecule is CC(C)(C)OC(=O)N1CC(Oc2ccc(C(F)(F)F)cc2NC(=O)N[C@H]2CC[C@H](OCc3ccncc3)CC2)C1. The zero-order valence-electron chi connectivity index (χ0n) is 22.8. The van der Waals surface area contributed by atoms with E-state index in [0.29, 0.717) is 19.4 Å². The van der Waals surface area contributed by atoms with Crippen molar-refractivity contribution in [1.82, 2.24) is 15.2 Å². The Morgan fingerprint density at radius 3 is 2.30 bits per heavy atom. The van der Waals surface area contributed by atoms with Gasteiger partial charge >= 0.3 is 18.3 Å². The number of nitrogens with zero attached hydrogens (tertiary/aromatic N) is 2. The van der Waals surface area contributed by atoms with Gasteiger partial charge in [-0.2, -0.15) is 13.2 Å². The number of hydrogen-bond donors (Lipinski definition) is 2. The van der Waals surface area contributed by atoms with Gasteiger partial charge in [-0.05, 0) is 82.3 Å². The molecule has 1 aromatic carbocycles. The summed E-state index contributed by atoms with van der Waals surface area (Å²) < 4.78 is 57.3. The summed E-state index contributed by atoms with van der Waals surface area (Å²) in [5.74, 6) is 0.0882. The molecule has 0 bridgehead atoms. The minimum Gasteiger partial charge on any atom is -0.485 e. The zero-order valence-corrected chi connectivity index (χ0v) is 22.8. The number of hydrogen-bond acceptors (Lipinski definition) is 6. The van der Waals surface area contributed by atoms with Crippen LogP contribution in [0.4, 0.5) is 28.4 Å². The highest BCUT2D eigenvalue weighted by Gasteiger charge is 2.36. The fraction of sp³-hybridized carbons (Fsp3) is 0.536. The third-order valence-corrected chi connectivity index (χ3v) is 6.59. The first-order valence-electron chi connectivity index (χ1n) is 13.3. The molecule has 2 aromatic rings. The predicted octanol–water partition coefficient (Wildman–Crippen LogP) is 5.75. The van der Waals surface area contributed by atoms with Crippen molar-refractivity contribution >= 4 is 17.8 Å². The number of amides is 3. The Morgan fingerprint density at radius 1 is 1.00 bits per heavy atom. The van der Waals surface area contributed by atoms with Gasteiger partial charge in [0.2, 0.25) is 0 Å². The molecular weight excluding hydrogens is 529 g/mol. The van der Waals surface area contributed by atoms with Gasteiger partial charge in [0.25, 0.3) is 0 Å². The molecule has 218 valence electrons. The molecule has 1 saturated carbocycles. The minimum absolute atomic E-state index is 0.0699. The van der Waals surface area contributed by atoms with E-state index in [0.717, 1.165) is 30.5 Å². The van der Waals surface area contributed by atoms with Crippen LogP contribution in [0, 0.1) is 0 Å². The van der Waals surface area contributed by atoms with Crippen LogP contribution in [-0.2, 0) is 22.3 Å². The number of pyridine rings is 1. The van der Waals surface area contributed by atoms with Crippen LogP contribution in [0.15, 0.2) is 42.7 Å². The summed E-state index contributed by atoms with van der Waals surface area (Å²) in [5.41, 5.74) is -0.621. The van der Waals surface area contributed by atoms with Gasteiger partial charge in [-0.25, -0.2) is 9.59 Å². The molecule has 2 N–H and O–H groups in total. The highest BCUT2D eigenvalue weighted by Crippen LogP contribution is 2.36. The molecule has 3 amide bonds. The molecule has 1 saturated heterocycles. The van der Waals surface area contributed by atoms with Crippen molar-refractivity contribution in [2.45, 2.75) is 83.1 Å². The van der Waals surface area contributed by atoms with Gasteiger partial charge in [0.15, 0.2) is 0 Å². The van der Waals surface area contributed by atoms with Gasteiger partial charge < -0.3 is 29.7 Å². The highest BCUT2D eigenvalue weighted by atomic mass is 19.4. The molecule has 4 rings (SSSR count). The first-order valence-corrected chi connectivity index (χ1v) is 13.3. The molecule has 0 radical (unpaired) electrons. The fourth-order valence-corrected chi connectivity index (χ4v) is 4.49. The van der Waals surface area contributed by atoms with Gasteiger partial charge in [0, 0.05) is 18.4 Å². The number of anilines is 1. The second-order valence-corrected chi connectivity index (χ2v) is 11.1. The van der Waals surface area contributed by atoms with Gasteiger partial charge in [-0.3, -0.25) is 4.98 Å². The lowest BCUT2D eigenvalue weighted by molar-refractivity contribution is -0.137. The molecule has 40 heavy (non-hydrogen) atoms. The van der Waals surface area contributed by atoms with E-state index in [4.69, 9.17) is 14.2 Å². The second-order valence-electron chi connectivity index (χ2n) is 11.1. The molecule has 1 aliphatic carbocycles. The predicted molar refractivity (Wildman–Crippen MR) is 141 cm³/mol. The number of carbonyl (C=O) groups is 2. The van der Waals surface area contributed by atoms with Crippen molar-refractivity contribution in [3.63, 3.8) is 0 Å². The summed E-state index contributed by atoms with van der Waals surface area (Å²) >= 11 is 0. The van der Waals surface area contributed by atoms with Crippen LogP contribution in [0.5, 0.6) is 5.75 Å². The van der Waals surface area contributed by atoms with Crippen LogP contribution in [-0.4, -0.2) is 58.9 Å². The van der Waals surface area contributed by atoms with Crippen LogP contribution < -0.4 is 15.4 Å². The van der Waals surface area contributed by atoms with Crippen molar-refractivity contribution in [3.8, 4) is 5.75 Å². The molecule has 1 aromatic heterocycles. The molecule has 0 atom stereocenters. The molecule has 2 fully saturated rings.